The Kier molecular flexibility index (Phi) is 4.40. The van der Waals surface area contributed by atoms with Crippen LogP contribution in [0.1, 0.15) is 36.4 Å². The third kappa shape index (κ3) is 3.60. The minimum Gasteiger partial charge on any atom is -0.491 e. The minimum atomic E-state index is -0.228. The van der Waals surface area contributed by atoms with Crippen LogP contribution in [-0.4, -0.2) is 17.2 Å². The Morgan fingerprint density at radius 3 is 2.65 bits per heavy atom. The average molecular weight is 274 g/mol. The Labute approximate surface area is 117 Å². The van der Waals surface area contributed by atoms with E-state index < -0.39 is 0 Å². The van der Waals surface area contributed by atoms with E-state index in [-0.39, 0.29) is 12.0 Å². The SMILES string of the molecule is CCC(C)Oc1ccc(C(=O)Nc2cc(C)on2)cc1. The van der Waals surface area contributed by atoms with E-state index in [9.17, 15) is 4.79 Å². The number of aryl methyl sites for hydroxylation is 1. The van der Waals surface area contributed by atoms with E-state index >= 15 is 0 Å². The van der Waals surface area contributed by atoms with Gasteiger partial charge in [-0.15, -0.1) is 0 Å². The van der Waals surface area contributed by atoms with Gasteiger partial charge < -0.3 is 14.6 Å². The molecule has 1 unspecified atom stereocenters. The zero-order chi connectivity index (χ0) is 14.5. The quantitative estimate of drug-likeness (QED) is 0.907. The van der Waals surface area contributed by atoms with Crippen molar-refractivity contribution >= 4 is 11.7 Å². The van der Waals surface area contributed by atoms with E-state index in [4.69, 9.17) is 9.26 Å². The number of ether oxygens (including phenoxy) is 1. The second kappa shape index (κ2) is 6.23. The number of anilines is 1. The van der Waals surface area contributed by atoms with Crippen LogP contribution in [0.2, 0.25) is 0 Å². The number of hydrogen-bond donors (Lipinski definition) is 1. The Morgan fingerprint density at radius 2 is 2.10 bits per heavy atom. The van der Waals surface area contributed by atoms with Crippen LogP contribution in [0, 0.1) is 6.92 Å². The summed E-state index contributed by atoms with van der Waals surface area (Å²) in [5, 5.41) is 6.38. The molecule has 1 atom stereocenters. The predicted octanol–water partition coefficient (Wildman–Crippen LogP) is 3.41. The summed E-state index contributed by atoms with van der Waals surface area (Å²) in [5.74, 6) is 1.59. The first-order chi connectivity index (χ1) is 9.58. The molecule has 5 heteroatoms. The van der Waals surface area contributed by atoms with Crippen molar-refractivity contribution in [1.82, 2.24) is 5.16 Å². The number of carbonyl (C=O) groups excluding carboxylic acids is 1. The summed E-state index contributed by atoms with van der Waals surface area (Å²) in [7, 11) is 0. The highest BCUT2D eigenvalue weighted by Crippen LogP contribution is 2.16. The number of hydrogen-bond acceptors (Lipinski definition) is 4. The van der Waals surface area contributed by atoms with E-state index in [2.05, 4.69) is 17.4 Å². The summed E-state index contributed by atoms with van der Waals surface area (Å²) in [6.07, 6.45) is 1.10. The van der Waals surface area contributed by atoms with Crippen LogP contribution in [0.3, 0.4) is 0 Å². The van der Waals surface area contributed by atoms with Crippen molar-refractivity contribution in [3.05, 3.63) is 41.7 Å². The van der Waals surface area contributed by atoms with Crippen LogP contribution < -0.4 is 10.1 Å². The van der Waals surface area contributed by atoms with Crippen LogP contribution in [0.25, 0.3) is 0 Å². The molecule has 0 saturated heterocycles. The maximum absolute atomic E-state index is 12.0. The number of aromatic nitrogens is 1. The molecule has 0 spiro atoms. The molecule has 20 heavy (non-hydrogen) atoms. The van der Waals surface area contributed by atoms with Crippen molar-refractivity contribution in [2.24, 2.45) is 0 Å². The van der Waals surface area contributed by atoms with Gasteiger partial charge in [0, 0.05) is 11.6 Å². The van der Waals surface area contributed by atoms with Gasteiger partial charge in [0.15, 0.2) is 5.82 Å². The topological polar surface area (TPSA) is 64.4 Å². The van der Waals surface area contributed by atoms with Gasteiger partial charge in [0.25, 0.3) is 5.91 Å². The van der Waals surface area contributed by atoms with Gasteiger partial charge in [-0.05, 0) is 44.5 Å². The fourth-order valence-corrected chi connectivity index (χ4v) is 1.61. The molecule has 1 aromatic carbocycles. The zero-order valence-corrected chi connectivity index (χ0v) is 11.8. The molecule has 1 amide bonds. The molecule has 0 fully saturated rings. The molecule has 1 aromatic heterocycles. The fraction of sp³-hybridized carbons (Fsp3) is 0.333. The van der Waals surface area contributed by atoms with Gasteiger partial charge in [-0.2, -0.15) is 0 Å². The summed E-state index contributed by atoms with van der Waals surface area (Å²) < 4.78 is 10.6. The second-order valence-corrected chi connectivity index (χ2v) is 4.64. The monoisotopic (exact) mass is 274 g/mol. The van der Waals surface area contributed by atoms with E-state index in [1.807, 2.05) is 6.92 Å². The third-order valence-corrected chi connectivity index (χ3v) is 2.90. The lowest BCUT2D eigenvalue weighted by Crippen LogP contribution is -2.13. The number of nitrogens with zero attached hydrogens (tertiary/aromatic N) is 1. The maximum atomic E-state index is 12.0. The van der Waals surface area contributed by atoms with Crippen molar-refractivity contribution < 1.29 is 14.1 Å². The Hall–Kier alpha value is -2.30. The fourth-order valence-electron chi connectivity index (χ4n) is 1.61. The molecule has 106 valence electrons. The first kappa shape index (κ1) is 14.1. The van der Waals surface area contributed by atoms with Crippen LogP contribution >= 0.6 is 0 Å². The molecular weight excluding hydrogens is 256 g/mol. The van der Waals surface area contributed by atoms with E-state index in [1.54, 1.807) is 37.3 Å². The van der Waals surface area contributed by atoms with Crippen LogP contribution in [0.15, 0.2) is 34.9 Å². The summed E-state index contributed by atoms with van der Waals surface area (Å²) >= 11 is 0. The average Bonchev–Trinajstić information content (AvgIpc) is 2.84. The normalized spacial score (nSPS) is 11.9. The van der Waals surface area contributed by atoms with Gasteiger partial charge in [0.05, 0.1) is 6.10 Å². The Bertz CT molecular complexity index is 575. The summed E-state index contributed by atoms with van der Waals surface area (Å²) in [6, 6.07) is 8.68. The number of rotatable bonds is 5. The number of amides is 1. The highest BCUT2D eigenvalue weighted by atomic mass is 16.5. The predicted molar refractivity (Wildman–Crippen MR) is 76.0 cm³/mol. The van der Waals surface area contributed by atoms with Crippen molar-refractivity contribution in [3.63, 3.8) is 0 Å². The summed E-state index contributed by atoms with van der Waals surface area (Å²) in [4.78, 5) is 12.0. The lowest BCUT2D eigenvalue weighted by atomic mass is 10.2. The summed E-state index contributed by atoms with van der Waals surface area (Å²) in [5.41, 5.74) is 0.544. The van der Waals surface area contributed by atoms with Crippen molar-refractivity contribution in [1.29, 1.82) is 0 Å². The first-order valence-corrected chi connectivity index (χ1v) is 6.60. The number of benzene rings is 1. The highest BCUT2D eigenvalue weighted by molar-refractivity contribution is 6.03. The molecule has 2 aromatic rings. The van der Waals surface area contributed by atoms with Crippen LogP contribution in [-0.2, 0) is 0 Å². The lowest BCUT2D eigenvalue weighted by molar-refractivity contribution is 0.102. The minimum absolute atomic E-state index is 0.160. The molecule has 0 saturated carbocycles. The van der Waals surface area contributed by atoms with Crippen molar-refractivity contribution in [2.45, 2.75) is 33.3 Å². The Balaban J connectivity index is 2.00. The van der Waals surface area contributed by atoms with Gasteiger partial charge in [-0.3, -0.25) is 4.79 Å². The van der Waals surface area contributed by atoms with Crippen LogP contribution in [0.4, 0.5) is 5.82 Å². The van der Waals surface area contributed by atoms with Gasteiger partial charge in [-0.25, -0.2) is 0 Å². The zero-order valence-electron chi connectivity index (χ0n) is 11.8. The highest BCUT2D eigenvalue weighted by Gasteiger charge is 2.09. The molecular formula is C15H18N2O3. The molecule has 0 bridgehead atoms. The van der Waals surface area contributed by atoms with E-state index in [0.717, 1.165) is 12.2 Å². The molecule has 5 nitrogen and oxygen atoms in total. The van der Waals surface area contributed by atoms with Crippen molar-refractivity contribution in [2.75, 3.05) is 5.32 Å². The molecule has 1 heterocycles. The molecule has 0 radical (unpaired) electrons. The maximum Gasteiger partial charge on any atom is 0.256 e. The van der Waals surface area contributed by atoms with E-state index in [1.165, 1.54) is 0 Å². The second-order valence-electron chi connectivity index (χ2n) is 4.64. The van der Waals surface area contributed by atoms with Crippen LogP contribution in [0.5, 0.6) is 5.75 Å². The molecule has 2 rings (SSSR count). The standard InChI is InChI=1S/C15H18N2O3/c1-4-10(2)19-13-7-5-12(6-8-13)15(18)16-14-9-11(3)20-17-14/h5-10H,4H2,1-3H3,(H,16,17,18). The van der Waals surface area contributed by atoms with E-state index in [0.29, 0.717) is 17.1 Å². The Morgan fingerprint density at radius 1 is 1.40 bits per heavy atom. The molecule has 0 aliphatic carbocycles. The summed E-state index contributed by atoms with van der Waals surface area (Å²) in [6.45, 7) is 5.84. The molecule has 0 aliphatic heterocycles. The lowest BCUT2D eigenvalue weighted by Gasteiger charge is -2.12. The van der Waals surface area contributed by atoms with Gasteiger partial charge in [0.1, 0.15) is 11.5 Å². The first-order valence-electron chi connectivity index (χ1n) is 6.60. The molecule has 1 N–H and O–H groups in total. The van der Waals surface area contributed by atoms with Gasteiger partial charge >= 0.3 is 0 Å². The third-order valence-electron chi connectivity index (χ3n) is 2.90. The smallest absolute Gasteiger partial charge is 0.256 e. The van der Waals surface area contributed by atoms with Gasteiger partial charge in [0.2, 0.25) is 0 Å². The largest absolute Gasteiger partial charge is 0.491 e. The number of carbonyl (C=O) groups is 1. The number of nitrogens with one attached hydrogen (secondary N) is 1. The van der Waals surface area contributed by atoms with Crippen molar-refractivity contribution in [3.8, 4) is 5.75 Å². The van der Waals surface area contributed by atoms with Gasteiger partial charge in [-0.1, -0.05) is 12.1 Å². The molecule has 0 aliphatic rings.